The van der Waals surface area contributed by atoms with Crippen LogP contribution in [-0.4, -0.2) is 10.9 Å². The summed E-state index contributed by atoms with van der Waals surface area (Å²) in [6.07, 6.45) is 2.50. The van der Waals surface area contributed by atoms with E-state index in [0.29, 0.717) is 11.4 Å². The van der Waals surface area contributed by atoms with Crippen LogP contribution in [0, 0.1) is 0 Å². The van der Waals surface area contributed by atoms with Gasteiger partial charge in [-0.1, -0.05) is 23.7 Å². The Balaban J connectivity index is 2.27. The number of aliphatic imine (C=N–C) groups is 1. The molecule has 0 aliphatic carbocycles. The summed E-state index contributed by atoms with van der Waals surface area (Å²) in [5, 5.41) is 9.64. The van der Waals surface area contributed by atoms with Gasteiger partial charge in [-0.25, -0.2) is 0 Å². The third kappa shape index (κ3) is 2.43. The van der Waals surface area contributed by atoms with Crippen molar-refractivity contribution < 1.29 is 5.21 Å². The maximum absolute atomic E-state index is 8.93. The molecule has 4 heteroatoms. The Kier molecular flexibility index (Phi) is 3.27. The first-order chi connectivity index (χ1) is 7.69. The minimum atomic E-state index is 0.0262. The van der Waals surface area contributed by atoms with Gasteiger partial charge in [0.15, 0.2) is 0 Å². The van der Waals surface area contributed by atoms with Crippen LogP contribution in [0.5, 0.6) is 0 Å². The minimum Gasteiger partial charge on any atom is -0.291 e. The van der Waals surface area contributed by atoms with E-state index >= 15 is 0 Å². The maximum Gasteiger partial charge on any atom is 0.0807 e. The molecule has 1 aliphatic rings. The summed E-state index contributed by atoms with van der Waals surface area (Å²) in [6.45, 7) is 1.91. The number of hydrogen-bond donors (Lipinski definition) is 2. The van der Waals surface area contributed by atoms with E-state index in [1.807, 2.05) is 37.3 Å². The molecule has 1 unspecified atom stereocenters. The number of benzene rings is 1. The van der Waals surface area contributed by atoms with Crippen molar-refractivity contribution in [2.75, 3.05) is 0 Å². The molecule has 84 valence electrons. The van der Waals surface area contributed by atoms with E-state index in [9.17, 15) is 0 Å². The molecule has 0 bridgehead atoms. The molecule has 2 rings (SSSR count). The van der Waals surface area contributed by atoms with Crippen molar-refractivity contribution >= 4 is 17.3 Å². The third-order valence-electron chi connectivity index (χ3n) is 2.53. The van der Waals surface area contributed by atoms with Crippen LogP contribution in [0.2, 0.25) is 5.02 Å². The first-order valence-electron chi connectivity index (χ1n) is 5.09. The van der Waals surface area contributed by atoms with Gasteiger partial charge in [0.25, 0.3) is 0 Å². The third-order valence-corrected chi connectivity index (χ3v) is 2.77. The van der Waals surface area contributed by atoms with Crippen LogP contribution in [0.3, 0.4) is 0 Å². The summed E-state index contributed by atoms with van der Waals surface area (Å²) in [5.41, 5.74) is 4.93. The van der Waals surface area contributed by atoms with Gasteiger partial charge >= 0.3 is 0 Å². The highest BCUT2D eigenvalue weighted by atomic mass is 35.5. The molecular formula is C12H13ClN2O. The lowest BCUT2D eigenvalue weighted by Gasteiger charge is -2.19. The van der Waals surface area contributed by atoms with E-state index in [1.54, 1.807) is 0 Å². The summed E-state index contributed by atoms with van der Waals surface area (Å²) in [6, 6.07) is 7.67. The highest BCUT2D eigenvalue weighted by Gasteiger charge is 2.16. The zero-order chi connectivity index (χ0) is 11.5. The van der Waals surface area contributed by atoms with E-state index in [4.69, 9.17) is 16.8 Å². The van der Waals surface area contributed by atoms with Crippen LogP contribution < -0.4 is 5.48 Å². The lowest BCUT2D eigenvalue weighted by molar-refractivity contribution is 0.194. The molecule has 0 saturated heterocycles. The lowest BCUT2D eigenvalue weighted by Crippen LogP contribution is -2.16. The smallest absolute Gasteiger partial charge is 0.0807 e. The predicted molar refractivity (Wildman–Crippen MR) is 64.9 cm³/mol. The molecule has 0 fully saturated rings. The van der Waals surface area contributed by atoms with Gasteiger partial charge in [0.05, 0.1) is 6.04 Å². The Hall–Kier alpha value is -1.32. The van der Waals surface area contributed by atoms with Crippen LogP contribution >= 0.6 is 11.6 Å². The Labute approximate surface area is 99.4 Å². The second kappa shape index (κ2) is 4.68. The largest absolute Gasteiger partial charge is 0.291 e. The number of dihydropyridines is 1. The van der Waals surface area contributed by atoms with Crippen molar-refractivity contribution in [1.29, 1.82) is 0 Å². The topological polar surface area (TPSA) is 44.6 Å². The van der Waals surface area contributed by atoms with Crippen LogP contribution in [0.4, 0.5) is 0 Å². The summed E-state index contributed by atoms with van der Waals surface area (Å²) < 4.78 is 0. The van der Waals surface area contributed by atoms with E-state index in [-0.39, 0.29) is 6.04 Å². The maximum atomic E-state index is 8.93. The average Bonchev–Trinajstić information content (AvgIpc) is 2.28. The predicted octanol–water partition coefficient (Wildman–Crippen LogP) is 3.11. The van der Waals surface area contributed by atoms with Gasteiger partial charge in [0, 0.05) is 22.9 Å². The lowest BCUT2D eigenvalue weighted by atomic mass is 9.99. The summed E-state index contributed by atoms with van der Waals surface area (Å²) in [7, 11) is 0. The minimum absolute atomic E-state index is 0.0262. The van der Waals surface area contributed by atoms with E-state index in [1.165, 1.54) is 0 Å². The number of nitrogens with zero attached hydrogens (tertiary/aromatic N) is 1. The van der Waals surface area contributed by atoms with Gasteiger partial charge in [0.1, 0.15) is 0 Å². The SMILES string of the molecule is CC1=NC(c2cccc(Cl)c2)CC(NO)=C1. The summed E-state index contributed by atoms with van der Waals surface area (Å²) in [5.74, 6) is 0. The average molecular weight is 237 g/mol. The van der Waals surface area contributed by atoms with Gasteiger partial charge in [0.2, 0.25) is 0 Å². The molecular weight excluding hydrogens is 224 g/mol. The first-order valence-corrected chi connectivity index (χ1v) is 5.47. The fourth-order valence-corrected chi connectivity index (χ4v) is 2.03. The Bertz CT molecular complexity index is 454. The van der Waals surface area contributed by atoms with Crippen molar-refractivity contribution in [2.45, 2.75) is 19.4 Å². The highest BCUT2D eigenvalue weighted by Crippen LogP contribution is 2.29. The van der Waals surface area contributed by atoms with Crippen LogP contribution in [0.25, 0.3) is 0 Å². The number of hydrogen-bond acceptors (Lipinski definition) is 3. The van der Waals surface area contributed by atoms with Gasteiger partial charge in [-0.2, -0.15) is 0 Å². The van der Waals surface area contributed by atoms with Crippen LogP contribution in [0.1, 0.15) is 24.9 Å². The fourth-order valence-electron chi connectivity index (χ4n) is 1.83. The van der Waals surface area contributed by atoms with Crippen molar-refractivity contribution in [2.24, 2.45) is 4.99 Å². The van der Waals surface area contributed by atoms with Crippen molar-refractivity contribution in [1.82, 2.24) is 5.48 Å². The second-order valence-electron chi connectivity index (χ2n) is 3.83. The van der Waals surface area contributed by atoms with E-state index in [0.717, 1.165) is 17.0 Å². The molecule has 0 radical (unpaired) electrons. The molecule has 16 heavy (non-hydrogen) atoms. The van der Waals surface area contributed by atoms with Crippen molar-refractivity contribution in [3.63, 3.8) is 0 Å². The number of nitrogens with one attached hydrogen (secondary N) is 1. The van der Waals surface area contributed by atoms with Gasteiger partial charge < -0.3 is 0 Å². The number of rotatable bonds is 2. The zero-order valence-corrected chi connectivity index (χ0v) is 9.70. The summed E-state index contributed by atoms with van der Waals surface area (Å²) >= 11 is 5.94. The molecule has 0 saturated carbocycles. The number of allylic oxidation sites excluding steroid dienone is 1. The molecule has 1 heterocycles. The Morgan fingerprint density at radius 2 is 2.31 bits per heavy atom. The highest BCUT2D eigenvalue weighted by molar-refractivity contribution is 6.30. The van der Waals surface area contributed by atoms with E-state index < -0.39 is 0 Å². The van der Waals surface area contributed by atoms with Gasteiger partial charge in [-0.05, 0) is 30.7 Å². The molecule has 0 amide bonds. The van der Waals surface area contributed by atoms with Crippen LogP contribution in [-0.2, 0) is 0 Å². The molecule has 1 aromatic carbocycles. The zero-order valence-electron chi connectivity index (χ0n) is 8.94. The molecule has 1 atom stereocenters. The second-order valence-corrected chi connectivity index (χ2v) is 4.26. The van der Waals surface area contributed by atoms with Crippen molar-refractivity contribution in [3.05, 3.63) is 46.6 Å². The molecule has 1 aromatic rings. The monoisotopic (exact) mass is 236 g/mol. The van der Waals surface area contributed by atoms with Crippen molar-refractivity contribution in [3.8, 4) is 0 Å². The molecule has 3 nitrogen and oxygen atoms in total. The first kappa shape index (κ1) is 11.2. The molecule has 0 aromatic heterocycles. The number of halogens is 1. The molecule has 2 N–H and O–H groups in total. The summed E-state index contributed by atoms with van der Waals surface area (Å²) in [4.78, 5) is 4.52. The van der Waals surface area contributed by atoms with Gasteiger partial charge in [-0.15, -0.1) is 0 Å². The quantitative estimate of drug-likeness (QED) is 0.775. The van der Waals surface area contributed by atoms with E-state index in [2.05, 4.69) is 10.5 Å². The fraction of sp³-hybridized carbons (Fsp3) is 0.250. The Morgan fingerprint density at radius 3 is 3.00 bits per heavy atom. The number of hydroxylamine groups is 1. The standard InChI is InChI=1S/C12H13ClN2O/c1-8-5-11(15-16)7-12(14-8)9-3-2-4-10(13)6-9/h2-6,12,15-16H,7H2,1H3. The van der Waals surface area contributed by atoms with Gasteiger partial charge in [-0.3, -0.25) is 15.7 Å². The Morgan fingerprint density at radius 1 is 1.50 bits per heavy atom. The molecule has 1 aliphatic heterocycles. The molecule has 0 spiro atoms. The van der Waals surface area contributed by atoms with Crippen LogP contribution in [0.15, 0.2) is 41.0 Å². The normalized spacial score (nSPS) is 20.1.